The van der Waals surface area contributed by atoms with Crippen LogP contribution in [-0.2, 0) is 5.60 Å². The average Bonchev–Trinajstić information content (AvgIpc) is 3.07. The van der Waals surface area contributed by atoms with E-state index in [0.29, 0.717) is 24.4 Å². The van der Waals surface area contributed by atoms with Crippen LogP contribution in [-0.4, -0.2) is 49.4 Å². The van der Waals surface area contributed by atoms with Gasteiger partial charge in [-0.2, -0.15) is 15.4 Å². The van der Waals surface area contributed by atoms with Crippen molar-refractivity contribution in [1.82, 2.24) is 25.3 Å². The van der Waals surface area contributed by atoms with Crippen LogP contribution in [0.1, 0.15) is 22.6 Å². The summed E-state index contributed by atoms with van der Waals surface area (Å²) in [6.07, 6.45) is 3.64. The minimum absolute atomic E-state index is 0.134. The van der Waals surface area contributed by atoms with Crippen LogP contribution in [0.25, 0.3) is 0 Å². The third-order valence-corrected chi connectivity index (χ3v) is 3.76. The van der Waals surface area contributed by atoms with Crippen LogP contribution in [0, 0.1) is 0 Å². The van der Waals surface area contributed by atoms with Gasteiger partial charge in [0.15, 0.2) is 0 Å². The summed E-state index contributed by atoms with van der Waals surface area (Å²) in [4.78, 5) is 16.7. The molecular weight excluding hydrogens is 314 g/mol. The fourth-order valence-corrected chi connectivity index (χ4v) is 2.61. The Kier molecular flexibility index (Phi) is 2.90. The molecule has 19 heavy (non-hydrogen) atoms. The maximum atomic E-state index is 12.2. The summed E-state index contributed by atoms with van der Waals surface area (Å²) in [7, 11) is 0. The lowest BCUT2D eigenvalue weighted by Gasteiger charge is -2.20. The smallest absolute Gasteiger partial charge is 0.270 e. The first-order chi connectivity index (χ1) is 9.08. The summed E-state index contributed by atoms with van der Waals surface area (Å²) in [5.41, 5.74) is -0.154. The van der Waals surface area contributed by atoms with E-state index in [2.05, 4.69) is 36.3 Å². The Morgan fingerprint density at radius 2 is 2.42 bits per heavy atom. The Morgan fingerprint density at radius 1 is 1.58 bits per heavy atom. The molecule has 2 aromatic heterocycles. The Bertz CT molecular complexity index is 596. The summed E-state index contributed by atoms with van der Waals surface area (Å²) < 4.78 is 0.821. The van der Waals surface area contributed by atoms with E-state index < -0.39 is 5.60 Å². The number of nitrogens with one attached hydrogen (secondary N) is 2. The lowest BCUT2D eigenvalue weighted by atomic mass is 10.00. The van der Waals surface area contributed by atoms with Crippen LogP contribution in [0.4, 0.5) is 0 Å². The standard InChI is InChI=1S/C11H12BrN5O2/c12-7-3-8(13-4-7)10(18)17-2-1-11(19,6-17)9-5-14-16-15-9/h3-5,13,19H,1-2,6H2,(H,14,15,16). The Balaban J connectivity index is 1.77. The van der Waals surface area contributed by atoms with Crippen LogP contribution in [0.3, 0.4) is 0 Å². The molecule has 1 atom stereocenters. The molecule has 3 N–H and O–H groups in total. The number of hydrogen-bond donors (Lipinski definition) is 3. The zero-order valence-corrected chi connectivity index (χ0v) is 11.5. The highest BCUT2D eigenvalue weighted by Crippen LogP contribution is 2.30. The zero-order chi connectivity index (χ0) is 13.5. The molecule has 2 aromatic rings. The van der Waals surface area contributed by atoms with Gasteiger partial charge in [-0.05, 0) is 22.0 Å². The minimum Gasteiger partial charge on any atom is -0.381 e. The molecule has 8 heteroatoms. The van der Waals surface area contributed by atoms with E-state index >= 15 is 0 Å². The first kappa shape index (κ1) is 12.4. The van der Waals surface area contributed by atoms with Gasteiger partial charge in [-0.1, -0.05) is 0 Å². The summed E-state index contributed by atoms with van der Waals surface area (Å²) in [6.45, 7) is 0.702. The summed E-state index contributed by atoms with van der Waals surface area (Å²) >= 11 is 3.29. The second-order valence-electron chi connectivity index (χ2n) is 4.60. The molecule has 0 bridgehead atoms. The largest absolute Gasteiger partial charge is 0.381 e. The zero-order valence-electron chi connectivity index (χ0n) is 9.93. The van der Waals surface area contributed by atoms with Gasteiger partial charge in [-0.25, -0.2) is 0 Å². The van der Waals surface area contributed by atoms with Gasteiger partial charge in [0, 0.05) is 23.6 Å². The third-order valence-electron chi connectivity index (χ3n) is 3.30. The number of aliphatic hydroxyl groups is 1. The van der Waals surface area contributed by atoms with Crippen LogP contribution in [0.15, 0.2) is 22.9 Å². The van der Waals surface area contributed by atoms with Crippen molar-refractivity contribution in [1.29, 1.82) is 0 Å². The fourth-order valence-electron chi connectivity index (χ4n) is 2.26. The molecular formula is C11H12BrN5O2. The second-order valence-corrected chi connectivity index (χ2v) is 5.51. The van der Waals surface area contributed by atoms with E-state index in [1.807, 2.05) is 0 Å². The summed E-state index contributed by atoms with van der Waals surface area (Å²) in [6, 6.07) is 1.72. The van der Waals surface area contributed by atoms with Gasteiger partial charge in [0.05, 0.1) is 12.7 Å². The van der Waals surface area contributed by atoms with Gasteiger partial charge >= 0.3 is 0 Å². The predicted molar refractivity (Wildman–Crippen MR) is 69.3 cm³/mol. The van der Waals surface area contributed by atoms with Crippen LogP contribution in [0.5, 0.6) is 0 Å². The number of amides is 1. The Morgan fingerprint density at radius 3 is 3.05 bits per heavy atom. The number of carbonyl (C=O) groups excluding carboxylic acids is 1. The molecule has 3 heterocycles. The molecule has 3 rings (SSSR count). The van der Waals surface area contributed by atoms with E-state index in [0.717, 1.165) is 4.47 Å². The molecule has 1 unspecified atom stereocenters. The van der Waals surface area contributed by atoms with E-state index in [1.54, 1.807) is 17.2 Å². The van der Waals surface area contributed by atoms with Crippen molar-refractivity contribution >= 4 is 21.8 Å². The van der Waals surface area contributed by atoms with Crippen molar-refractivity contribution in [3.63, 3.8) is 0 Å². The maximum absolute atomic E-state index is 12.2. The molecule has 1 aliphatic heterocycles. The number of rotatable bonds is 2. The van der Waals surface area contributed by atoms with Gasteiger partial charge in [-0.15, -0.1) is 0 Å². The highest BCUT2D eigenvalue weighted by atomic mass is 79.9. The van der Waals surface area contributed by atoms with Gasteiger partial charge in [-0.3, -0.25) is 4.79 Å². The predicted octanol–water partition coefficient (Wildman–Crippen LogP) is 0.629. The molecule has 0 radical (unpaired) electrons. The molecule has 0 aromatic carbocycles. The summed E-state index contributed by atoms with van der Waals surface area (Å²) in [5.74, 6) is -0.134. The van der Waals surface area contributed by atoms with Crippen LogP contribution in [0.2, 0.25) is 0 Å². The molecule has 0 aliphatic carbocycles. The molecule has 1 amide bonds. The van der Waals surface area contributed by atoms with E-state index in [1.165, 1.54) is 6.20 Å². The first-order valence-electron chi connectivity index (χ1n) is 5.80. The van der Waals surface area contributed by atoms with Gasteiger partial charge in [0.2, 0.25) is 0 Å². The van der Waals surface area contributed by atoms with Crippen molar-refractivity contribution in [2.45, 2.75) is 12.0 Å². The quantitative estimate of drug-likeness (QED) is 0.754. The monoisotopic (exact) mass is 325 g/mol. The molecule has 0 spiro atoms. The fraction of sp³-hybridized carbons (Fsp3) is 0.364. The number of nitrogens with zero attached hydrogens (tertiary/aromatic N) is 3. The normalized spacial score (nSPS) is 22.9. The molecule has 1 saturated heterocycles. The molecule has 100 valence electrons. The summed E-state index contributed by atoms with van der Waals surface area (Å²) in [5, 5.41) is 20.6. The van der Waals surface area contributed by atoms with E-state index in [4.69, 9.17) is 0 Å². The highest BCUT2D eigenvalue weighted by molar-refractivity contribution is 9.10. The van der Waals surface area contributed by atoms with Crippen molar-refractivity contribution in [3.8, 4) is 0 Å². The van der Waals surface area contributed by atoms with Gasteiger partial charge in [0.25, 0.3) is 5.91 Å². The van der Waals surface area contributed by atoms with E-state index in [-0.39, 0.29) is 12.5 Å². The van der Waals surface area contributed by atoms with Crippen molar-refractivity contribution < 1.29 is 9.90 Å². The average molecular weight is 326 g/mol. The molecule has 0 saturated carbocycles. The number of H-pyrrole nitrogens is 2. The van der Waals surface area contributed by atoms with Crippen molar-refractivity contribution in [2.24, 2.45) is 0 Å². The number of halogens is 1. The van der Waals surface area contributed by atoms with Crippen molar-refractivity contribution in [3.05, 3.63) is 34.3 Å². The Hall–Kier alpha value is -1.67. The highest BCUT2D eigenvalue weighted by Gasteiger charge is 2.41. The number of hydrogen-bond acceptors (Lipinski definition) is 4. The first-order valence-corrected chi connectivity index (χ1v) is 6.60. The minimum atomic E-state index is -1.12. The number of aromatic nitrogens is 4. The molecule has 1 fully saturated rings. The SMILES string of the molecule is O=C(c1cc(Br)c[nH]1)N1CCC(O)(c2cn[nH]n2)C1. The van der Waals surface area contributed by atoms with Gasteiger partial charge < -0.3 is 15.0 Å². The number of aromatic amines is 2. The third kappa shape index (κ3) is 2.17. The van der Waals surface area contributed by atoms with E-state index in [9.17, 15) is 9.90 Å². The number of carbonyl (C=O) groups is 1. The number of β-amino-alcohol motifs (C(OH)–C–C–N with tert-alkyl or cyclic N) is 1. The van der Waals surface area contributed by atoms with Crippen LogP contribution < -0.4 is 0 Å². The molecule has 7 nitrogen and oxygen atoms in total. The lowest BCUT2D eigenvalue weighted by Crippen LogP contribution is -2.34. The Labute approximate surface area is 117 Å². The van der Waals surface area contributed by atoms with Crippen molar-refractivity contribution in [2.75, 3.05) is 13.1 Å². The lowest BCUT2D eigenvalue weighted by molar-refractivity contribution is 0.0380. The van der Waals surface area contributed by atoms with Crippen LogP contribution >= 0.6 is 15.9 Å². The van der Waals surface area contributed by atoms with Gasteiger partial charge in [0.1, 0.15) is 17.0 Å². The molecule has 1 aliphatic rings. The second kappa shape index (κ2) is 4.46. The number of likely N-dealkylation sites (tertiary alicyclic amines) is 1. The maximum Gasteiger partial charge on any atom is 0.270 e. The topological polar surface area (TPSA) is 97.9 Å².